The molecule has 2 aliphatic heterocycles. The summed E-state index contributed by atoms with van der Waals surface area (Å²) in [6.07, 6.45) is 30.6. The number of unbranched alkanes of at least 4 members (excludes halogenated alkanes) is 14. The molecule has 0 bridgehead atoms. The van der Waals surface area contributed by atoms with Crippen LogP contribution < -0.4 is 0 Å². The summed E-state index contributed by atoms with van der Waals surface area (Å²) >= 11 is 9.95. The Morgan fingerprint density at radius 1 is 0.357 bits per heavy atom. The van der Waals surface area contributed by atoms with Gasteiger partial charge in [0.15, 0.2) is 0 Å². The molecule has 0 spiro atoms. The minimum absolute atomic E-state index is 0.0576. The molecule has 0 amide bonds. The summed E-state index contributed by atoms with van der Waals surface area (Å²) in [6.45, 7) is 8.65. The Kier molecular flexibility index (Phi) is 20.6. The Bertz CT molecular complexity index is 2700. The Morgan fingerprint density at radius 2 is 0.757 bits per heavy atom. The maximum absolute atomic E-state index is 13.4. The van der Waals surface area contributed by atoms with Gasteiger partial charge in [-0.05, 0) is 171 Å². The van der Waals surface area contributed by atoms with Crippen LogP contribution >= 0.6 is 68.9 Å². The highest BCUT2D eigenvalue weighted by atomic mass is 32.2. The molecule has 0 aliphatic carbocycles. The van der Waals surface area contributed by atoms with E-state index < -0.39 is 0 Å². The van der Waals surface area contributed by atoms with Crippen LogP contribution in [0, 0.1) is 6.92 Å². The van der Waals surface area contributed by atoms with E-state index in [1.807, 2.05) is 40.9 Å². The third kappa shape index (κ3) is 14.5. The molecule has 6 aromatic rings. The van der Waals surface area contributed by atoms with Crippen molar-refractivity contribution in [2.75, 3.05) is 0 Å². The van der Waals surface area contributed by atoms with Crippen LogP contribution in [-0.4, -0.2) is 10.2 Å². The smallest absolute Gasteiger partial charge is 0.226 e. The standard InChI is InChI=1S/C62H74O2S6/c1-5-7-9-11-13-15-17-19-23-45-30-34-47(35-31-45)25-21-27-49-41-54(67-58(49)52-38-29-43(3)65-52)55-42-50(28-22-26-48-36-32-46(33-37-48)24-20-18-16-14-12-10-8-6-2)59(68-55)53-40-39-51(66-53)56-60-57(69-62(56)64)44(4)61(63)70-60/h29-42H,5-28H2,1-4H3. The predicted molar refractivity (Wildman–Crippen MR) is 313 cm³/mol. The van der Waals surface area contributed by atoms with Crippen molar-refractivity contribution in [2.24, 2.45) is 0 Å². The zero-order valence-electron chi connectivity index (χ0n) is 42.3. The van der Waals surface area contributed by atoms with Gasteiger partial charge in [0.25, 0.3) is 0 Å². The lowest BCUT2D eigenvalue weighted by Crippen LogP contribution is -1.92. The van der Waals surface area contributed by atoms with Gasteiger partial charge in [0.05, 0.1) is 5.57 Å². The maximum Gasteiger partial charge on any atom is 0.226 e. The van der Waals surface area contributed by atoms with E-state index in [0.717, 1.165) is 53.2 Å². The van der Waals surface area contributed by atoms with Gasteiger partial charge in [-0.3, -0.25) is 9.59 Å². The highest BCUT2D eigenvalue weighted by Crippen LogP contribution is 2.56. The molecule has 6 heterocycles. The van der Waals surface area contributed by atoms with Crippen molar-refractivity contribution in [3.05, 3.63) is 143 Å². The first-order chi connectivity index (χ1) is 34.3. The summed E-state index contributed by atoms with van der Waals surface area (Å²) in [5, 5.41) is 0.121. The van der Waals surface area contributed by atoms with Crippen LogP contribution in [0.15, 0.2) is 100 Å². The van der Waals surface area contributed by atoms with E-state index in [2.05, 4.69) is 106 Å². The molecule has 0 N–H and O–H groups in total. The summed E-state index contributed by atoms with van der Waals surface area (Å²) in [5.74, 6) is 0. The summed E-state index contributed by atoms with van der Waals surface area (Å²) < 4.78 is 0. The van der Waals surface area contributed by atoms with Crippen molar-refractivity contribution in [3.8, 4) is 29.3 Å². The summed E-state index contributed by atoms with van der Waals surface area (Å²) in [5.41, 5.74) is 10.1. The number of hydrogen-bond acceptors (Lipinski definition) is 8. The minimum Gasteiger partial charge on any atom is -0.282 e. The third-order valence-electron chi connectivity index (χ3n) is 14.1. The fraction of sp³-hybridized carbons (Fsp3) is 0.452. The molecule has 0 saturated carbocycles. The van der Waals surface area contributed by atoms with Crippen LogP contribution in [0.2, 0.25) is 0 Å². The fourth-order valence-electron chi connectivity index (χ4n) is 9.89. The van der Waals surface area contributed by atoms with Crippen molar-refractivity contribution < 1.29 is 9.59 Å². The lowest BCUT2D eigenvalue weighted by molar-refractivity contribution is -0.107. The average Bonchev–Trinajstić information content (AvgIpc) is 4.24. The van der Waals surface area contributed by atoms with E-state index in [4.69, 9.17) is 0 Å². The Morgan fingerprint density at radius 3 is 1.21 bits per heavy atom. The molecule has 70 heavy (non-hydrogen) atoms. The average molecular weight is 1040 g/mol. The Balaban J connectivity index is 0.958. The number of fused-ring (bicyclic) bond motifs is 1. The number of thiophene rings is 4. The van der Waals surface area contributed by atoms with E-state index in [0.29, 0.717) is 11.1 Å². The highest BCUT2D eigenvalue weighted by molar-refractivity contribution is 8.25. The third-order valence-corrected chi connectivity index (χ3v) is 21.4. The van der Waals surface area contributed by atoms with E-state index in [1.165, 1.54) is 207 Å². The monoisotopic (exact) mass is 1040 g/mol. The molecule has 0 radical (unpaired) electrons. The summed E-state index contributed by atoms with van der Waals surface area (Å²) in [4.78, 5) is 38.1. The molecular formula is C62H74O2S6. The number of rotatable bonds is 30. The van der Waals surface area contributed by atoms with E-state index in [1.54, 1.807) is 11.3 Å². The van der Waals surface area contributed by atoms with Gasteiger partial charge < -0.3 is 0 Å². The molecule has 0 atom stereocenters. The molecule has 0 saturated heterocycles. The van der Waals surface area contributed by atoms with Crippen molar-refractivity contribution >= 4 is 84.7 Å². The molecule has 2 nitrogen and oxygen atoms in total. The van der Waals surface area contributed by atoms with Crippen LogP contribution in [0.25, 0.3) is 34.8 Å². The van der Waals surface area contributed by atoms with Gasteiger partial charge in [0.2, 0.25) is 10.2 Å². The number of hydrogen-bond donors (Lipinski definition) is 0. The lowest BCUT2D eigenvalue weighted by atomic mass is 10.00. The number of carbonyl (C=O) groups excluding carboxylic acids is 2. The van der Waals surface area contributed by atoms with Crippen LogP contribution in [0.4, 0.5) is 0 Å². The van der Waals surface area contributed by atoms with Gasteiger partial charge in [-0.15, -0.1) is 45.3 Å². The second-order valence-electron chi connectivity index (χ2n) is 19.7. The zero-order valence-corrected chi connectivity index (χ0v) is 47.2. The lowest BCUT2D eigenvalue weighted by Gasteiger charge is -2.06. The van der Waals surface area contributed by atoms with Gasteiger partial charge in [-0.25, -0.2) is 0 Å². The number of aryl methyl sites for hydroxylation is 7. The molecule has 8 heteroatoms. The van der Waals surface area contributed by atoms with Crippen molar-refractivity contribution in [1.82, 2.24) is 0 Å². The highest BCUT2D eigenvalue weighted by Gasteiger charge is 2.39. The molecular weight excluding hydrogens is 969 g/mol. The second-order valence-corrected chi connectivity index (χ2v) is 26.2. The molecule has 0 fully saturated rings. The minimum atomic E-state index is 0.0576. The zero-order chi connectivity index (χ0) is 48.7. The molecule has 4 aromatic heterocycles. The molecule has 2 aliphatic rings. The van der Waals surface area contributed by atoms with Gasteiger partial charge in [0, 0.05) is 54.4 Å². The number of thioether (sulfide) groups is 2. The molecule has 0 unspecified atom stereocenters. The van der Waals surface area contributed by atoms with Crippen LogP contribution in [0.1, 0.15) is 179 Å². The van der Waals surface area contributed by atoms with Gasteiger partial charge in [0.1, 0.15) is 0 Å². The van der Waals surface area contributed by atoms with Crippen LogP contribution in [0.3, 0.4) is 0 Å². The Hall–Kier alpha value is -3.24. The summed E-state index contributed by atoms with van der Waals surface area (Å²) in [7, 11) is 0. The molecule has 370 valence electrons. The van der Waals surface area contributed by atoms with E-state index in [-0.39, 0.29) is 10.2 Å². The SMILES string of the molecule is CCCCCCCCCCc1ccc(CCCc2cc(-c3cc(CCCc4ccc(CCCCCCCCCC)cc4)c(-c4ccc(C5=C6SC(=O)C(C)=C6SC5=O)s4)s3)sc2-c2ccc(C)s2)cc1. The topological polar surface area (TPSA) is 34.1 Å². The van der Waals surface area contributed by atoms with E-state index in [9.17, 15) is 9.59 Å². The van der Waals surface area contributed by atoms with Crippen LogP contribution in [-0.2, 0) is 48.1 Å². The van der Waals surface area contributed by atoms with Crippen molar-refractivity contribution in [3.63, 3.8) is 0 Å². The first kappa shape index (κ1) is 53.1. The number of benzene rings is 2. The Labute approximate surface area is 445 Å². The quantitative estimate of drug-likeness (QED) is 0.0421. The van der Waals surface area contributed by atoms with Gasteiger partial charge in [-0.2, -0.15) is 0 Å². The predicted octanol–water partition coefficient (Wildman–Crippen LogP) is 20.5. The maximum atomic E-state index is 13.4. The largest absolute Gasteiger partial charge is 0.282 e. The first-order valence-electron chi connectivity index (χ1n) is 26.8. The van der Waals surface area contributed by atoms with Gasteiger partial charge >= 0.3 is 0 Å². The van der Waals surface area contributed by atoms with Gasteiger partial charge in [-0.1, -0.05) is 152 Å². The van der Waals surface area contributed by atoms with Crippen molar-refractivity contribution in [2.45, 2.75) is 182 Å². The fourth-order valence-corrected chi connectivity index (χ4v) is 17.0. The van der Waals surface area contributed by atoms with Crippen LogP contribution in [0.5, 0.6) is 0 Å². The molecule has 2 aromatic carbocycles. The molecule has 8 rings (SSSR count). The normalized spacial score (nSPS) is 13.8. The number of carbonyl (C=O) groups is 2. The first-order valence-corrected chi connectivity index (χ1v) is 31.7. The van der Waals surface area contributed by atoms with Crippen molar-refractivity contribution in [1.29, 1.82) is 0 Å². The second kappa shape index (κ2) is 27.2. The summed E-state index contributed by atoms with van der Waals surface area (Å²) in [6, 6.07) is 32.9. The van der Waals surface area contributed by atoms with E-state index >= 15 is 0 Å².